The second-order valence-corrected chi connectivity index (χ2v) is 4.87. The molecule has 5 heteroatoms. The van der Waals surface area contributed by atoms with Gasteiger partial charge < -0.3 is 19.9 Å². The molecule has 2 rings (SSSR count). The van der Waals surface area contributed by atoms with Gasteiger partial charge in [0.2, 0.25) is 0 Å². The van der Waals surface area contributed by atoms with Crippen molar-refractivity contribution < 1.29 is 19.4 Å². The number of rotatable bonds is 6. The quantitative estimate of drug-likeness (QED) is 0.856. The monoisotopic (exact) mass is 301 g/mol. The zero-order chi connectivity index (χ0) is 16.1. The average molecular weight is 301 g/mol. The van der Waals surface area contributed by atoms with Crippen molar-refractivity contribution in [3.05, 3.63) is 53.1 Å². The second kappa shape index (κ2) is 6.85. The van der Waals surface area contributed by atoms with Crippen molar-refractivity contribution >= 4 is 11.7 Å². The normalized spacial score (nSPS) is 10.1. The first kappa shape index (κ1) is 15.7. The molecular weight excluding hydrogens is 282 g/mol. The van der Waals surface area contributed by atoms with Crippen LogP contribution < -0.4 is 14.8 Å². The van der Waals surface area contributed by atoms with Crippen LogP contribution in [-0.4, -0.2) is 25.3 Å². The van der Waals surface area contributed by atoms with Crippen molar-refractivity contribution in [3.63, 3.8) is 0 Å². The van der Waals surface area contributed by atoms with Crippen molar-refractivity contribution in [2.45, 2.75) is 13.5 Å². The lowest BCUT2D eigenvalue weighted by Crippen LogP contribution is -2.05. The highest BCUT2D eigenvalue weighted by molar-refractivity contribution is 5.89. The highest BCUT2D eigenvalue weighted by atomic mass is 16.5. The van der Waals surface area contributed by atoms with Crippen LogP contribution in [-0.2, 0) is 6.54 Å². The van der Waals surface area contributed by atoms with E-state index in [0.717, 1.165) is 28.3 Å². The van der Waals surface area contributed by atoms with E-state index in [1.54, 1.807) is 32.4 Å². The van der Waals surface area contributed by atoms with E-state index in [0.29, 0.717) is 6.54 Å². The van der Waals surface area contributed by atoms with Crippen LogP contribution in [0.25, 0.3) is 0 Å². The topological polar surface area (TPSA) is 67.8 Å². The molecular formula is C17H19NO4. The standard InChI is InChI=1S/C17H19NO4/c1-11-4-5-12(17(19)20)8-15(11)18-10-13-6-7-14(21-2)9-16(13)22-3/h4-9,18H,10H2,1-3H3,(H,19,20). The Morgan fingerprint density at radius 3 is 2.55 bits per heavy atom. The fraction of sp³-hybridized carbons (Fsp3) is 0.235. The van der Waals surface area contributed by atoms with E-state index in [-0.39, 0.29) is 5.56 Å². The number of nitrogens with one attached hydrogen (secondary N) is 1. The van der Waals surface area contributed by atoms with Gasteiger partial charge in [-0.3, -0.25) is 0 Å². The van der Waals surface area contributed by atoms with Gasteiger partial charge in [0.15, 0.2) is 0 Å². The fourth-order valence-electron chi connectivity index (χ4n) is 2.13. The first-order valence-corrected chi connectivity index (χ1v) is 6.84. The molecule has 0 amide bonds. The number of carboxylic acids is 1. The molecule has 0 saturated carbocycles. The molecule has 0 aliphatic carbocycles. The molecule has 0 heterocycles. The van der Waals surface area contributed by atoms with Gasteiger partial charge in [0, 0.05) is 23.9 Å². The number of anilines is 1. The number of methoxy groups -OCH3 is 2. The third-order valence-corrected chi connectivity index (χ3v) is 3.45. The number of carbonyl (C=O) groups is 1. The Labute approximate surface area is 129 Å². The Morgan fingerprint density at radius 1 is 1.14 bits per heavy atom. The summed E-state index contributed by atoms with van der Waals surface area (Å²) < 4.78 is 10.5. The molecule has 116 valence electrons. The van der Waals surface area contributed by atoms with Crippen molar-refractivity contribution in [2.75, 3.05) is 19.5 Å². The highest BCUT2D eigenvalue weighted by Crippen LogP contribution is 2.26. The molecule has 0 aliphatic heterocycles. The van der Waals surface area contributed by atoms with Gasteiger partial charge in [-0.05, 0) is 36.8 Å². The maximum atomic E-state index is 11.0. The van der Waals surface area contributed by atoms with E-state index in [9.17, 15) is 4.79 Å². The number of carboxylic acid groups (broad SMARTS) is 1. The maximum Gasteiger partial charge on any atom is 0.335 e. The van der Waals surface area contributed by atoms with Crippen molar-refractivity contribution in [1.29, 1.82) is 0 Å². The summed E-state index contributed by atoms with van der Waals surface area (Å²) in [6.07, 6.45) is 0. The minimum Gasteiger partial charge on any atom is -0.497 e. The first-order valence-electron chi connectivity index (χ1n) is 6.84. The molecule has 0 bridgehead atoms. The van der Waals surface area contributed by atoms with Gasteiger partial charge in [-0.25, -0.2) is 4.79 Å². The summed E-state index contributed by atoms with van der Waals surface area (Å²) in [4.78, 5) is 11.0. The van der Waals surface area contributed by atoms with E-state index in [2.05, 4.69) is 5.32 Å². The van der Waals surface area contributed by atoms with Crippen molar-refractivity contribution in [3.8, 4) is 11.5 Å². The third kappa shape index (κ3) is 3.49. The lowest BCUT2D eigenvalue weighted by atomic mass is 10.1. The number of benzene rings is 2. The highest BCUT2D eigenvalue weighted by Gasteiger charge is 2.08. The summed E-state index contributed by atoms with van der Waals surface area (Å²) in [5.74, 6) is 0.508. The van der Waals surface area contributed by atoms with Gasteiger partial charge in [-0.2, -0.15) is 0 Å². The fourth-order valence-corrected chi connectivity index (χ4v) is 2.13. The van der Waals surface area contributed by atoms with Gasteiger partial charge in [0.1, 0.15) is 11.5 Å². The molecule has 22 heavy (non-hydrogen) atoms. The first-order chi connectivity index (χ1) is 10.5. The molecule has 2 aromatic rings. The van der Waals surface area contributed by atoms with E-state index < -0.39 is 5.97 Å². The molecule has 0 radical (unpaired) electrons. The van der Waals surface area contributed by atoms with Crippen LogP contribution in [0.1, 0.15) is 21.5 Å². The van der Waals surface area contributed by atoms with Crippen LogP contribution in [0.15, 0.2) is 36.4 Å². The molecule has 0 fully saturated rings. The molecule has 0 unspecified atom stereocenters. The Kier molecular flexibility index (Phi) is 4.88. The van der Waals surface area contributed by atoms with Crippen LogP contribution in [0.3, 0.4) is 0 Å². The number of hydrogen-bond acceptors (Lipinski definition) is 4. The summed E-state index contributed by atoms with van der Waals surface area (Å²) >= 11 is 0. The Bertz CT molecular complexity index is 682. The largest absolute Gasteiger partial charge is 0.497 e. The smallest absolute Gasteiger partial charge is 0.335 e. The van der Waals surface area contributed by atoms with Gasteiger partial charge in [-0.1, -0.05) is 6.07 Å². The lowest BCUT2D eigenvalue weighted by molar-refractivity contribution is 0.0697. The Balaban J connectivity index is 2.19. The predicted octanol–water partition coefficient (Wildman–Crippen LogP) is 3.32. The van der Waals surface area contributed by atoms with E-state index >= 15 is 0 Å². The van der Waals surface area contributed by atoms with Gasteiger partial charge in [0.05, 0.1) is 19.8 Å². The summed E-state index contributed by atoms with van der Waals surface area (Å²) in [6, 6.07) is 10.6. The van der Waals surface area contributed by atoms with Crippen molar-refractivity contribution in [1.82, 2.24) is 0 Å². The van der Waals surface area contributed by atoms with Crippen LogP contribution in [0.2, 0.25) is 0 Å². The van der Waals surface area contributed by atoms with Crippen LogP contribution in [0.4, 0.5) is 5.69 Å². The number of aromatic carboxylic acids is 1. The van der Waals surface area contributed by atoms with E-state index in [1.807, 2.05) is 25.1 Å². The third-order valence-electron chi connectivity index (χ3n) is 3.45. The molecule has 0 aromatic heterocycles. The lowest BCUT2D eigenvalue weighted by Gasteiger charge is -2.14. The predicted molar refractivity (Wildman–Crippen MR) is 85.0 cm³/mol. The van der Waals surface area contributed by atoms with Crippen molar-refractivity contribution in [2.24, 2.45) is 0 Å². The number of hydrogen-bond donors (Lipinski definition) is 2. The molecule has 5 nitrogen and oxygen atoms in total. The maximum absolute atomic E-state index is 11.0. The zero-order valence-electron chi connectivity index (χ0n) is 12.8. The molecule has 0 atom stereocenters. The molecule has 0 spiro atoms. The number of aryl methyl sites for hydroxylation is 1. The minimum atomic E-state index is -0.940. The average Bonchev–Trinajstić information content (AvgIpc) is 2.53. The number of ether oxygens (including phenoxy) is 2. The Hall–Kier alpha value is -2.69. The van der Waals surface area contributed by atoms with Gasteiger partial charge in [0.25, 0.3) is 0 Å². The zero-order valence-corrected chi connectivity index (χ0v) is 12.8. The van der Waals surface area contributed by atoms with Crippen LogP contribution in [0, 0.1) is 6.92 Å². The second-order valence-electron chi connectivity index (χ2n) is 4.87. The van der Waals surface area contributed by atoms with Gasteiger partial charge in [-0.15, -0.1) is 0 Å². The molecule has 0 aliphatic rings. The Morgan fingerprint density at radius 2 is 1.91 bits per heavy atom. The SMILES string of the molecule is COc1ccc(CNc2cc(C(=O)O)ccc2C)c(OC)c1. The molecule has 0 saturated heterocycles. The minimum absolute atomic E-state index is 0.259. The van der Waals surface area contributed by atoms with E-state index in [4.69, 9.17) is 14.6 Å². The van der Waals surface area contributed by atoms with Crippen LogP contribution in [0.5, 0.6) is 11.5 Å². The summed E-state index contributed by atoms with van der Waals surface area (Å²) in [7, 11) is 3.21. The van der Waals surface area contributed by atoms with Crippen LogP contribution >= 0.6 is 0 Å². The molecule has 2 aromatic carbocycles. The summed E-state index contributed by atoms with van der Waals surface area (Å²) in [5, 5.41) is 12.3. The van der Waals surface area contributed by atoms with E-state index in [1.165, 1.54) is 0 Å². The van der Waals surface area contributed by atoms with Gasteiger partial charge >= 0.3 is 5.97 Å². The molecule has 2 N–H and O–H groups in total. The summed E-state index contributed by atoms with van der Waals surface area (Å²) in [6.45, 7) is 2.45. The summed E-state index contributed by atoms with van der Waals surface area (Å²) in [5.41, 5.74) is 2.99.